The number of thioether (sulfide) groups is 1. The van der Waals surface area contributed by atoms with E-state index in [1.807, 2.05) is 11.8 Å². The summed E-state index contributed by atoms with van der Waals surface area (Å²) in [6, 6.07) is 17.7. The van der Waals surface area contributed by atoms with E-state index in [9.17, 15) is 0 Å². The van der Waals surface area contributed by atoms with Crippen LogP contribution in [-0.2, 0) is 0 Å². The maximum atomic E-state index is 2.50. The SMILES string of the molecule is CCN(CC1CSc2ccccc21)c1cccc(C)c1. The minimum absolute atomic E-state index is 0.650. The fraction of sp³-hybridized carbons (Fsp3) is 0.333. The second-order valence-corrected chi connectivity index (χ2v) is 6.49. The van der Waals surface area contributed by atoms with Crippen LogP contribution in [0.2, 0.25) is 0 Å². The average Bonchev–Trinajstić information content (AvgIpc) is 2.88. The Morgan fingerprint density at radius 1 is 1.15 bits per heavy atom. The number of hydrogen-bond acceptors (Lipinski definition) is 2. The van der Waals surface area contributed by atoms with Crippen molar-refractivity contribution >= 4 is 17.4 Å². The van der Waals surface area contributed by atoms with E-state index in [1.165, 1.54) is 27.5 Å². The molecule has 0 aliphatic carbocycles. The standard InChI is InChI=1S/C18H21NS/c1-3-19(16-8-6-7-14(2)11-16)12-15-13-20-18-10-5-4-9-17(15)18/h4-11,15H,3,12-13H2,1-2H3. The molecule has 1 aliphatic rings. The van der Waals surface area contributed by atoms with E-state index in [4.69, 9.17) is 0 Å². The lowest BCUT2D eigenvalue weighted by Gasteiger charge is -2.27. The van der Waals surface area contributed by atoms with Gasteiger partial charge in [0.2, 0.25) is 0 Å². The minimum atomic E-state index is 0.650. The molecule has 1 nitrogen and oxygen atoms in total. The van der Waals surface area contributed by atoms with Gasteiger partial charge in [-0.2, -0.15) is 0 Å². The third-order valence-electron chi connectivity index (χ3n) is 3.99. The summed E-state index contributed by atoms with van der Waals surface area (Å²) in [5.74, 6) is 1.86. The summed E-state index contributed by atoms with van der Waals surface area (Å²) < 4.78 is 0. The summed E-state index contributed by atoms with van der Waals surface area (Å²) in [6.07, 6.45) is 0. The van der Waals surface area contributed by atoms with Crippen LogP contribution >= 0.6 is 11.8 Å². The van der Waals surface area contributed by atoms with Gasteiger partial charge in [-0.3, -0.25) is 0 Å². The van der Waals surface area contributed by atoms with Gasteiger partial charge in [-0.25, -0.2) is 0 Å². The Labute approximate surface area is 126 Å². The lowest BCUT2D eigenvalue weighted by Crippen LogP contribution is -2.28. The van der Waals surface area contributed by atoms with Crippen molar-refractivity contribution in [3.8, 4) is 0 Å². The van der Waals surface area contributed by atoms with Crippen molar-refractivity contribution in [2.45, 2.75) is 24.7 Å². The molecule has 1 atom stereocenters. The molecule has 0 saturated carbocycles. The monoisotopic (exact) mass is 283 g/mol. The Kier molecular flexibility index (Phi) is 4.02. The van der Waals surface area contributed by atoms with Crippen molar-refractivity contribution < 1.29 is 0 Å². The van der Waals surface area contributed by atoms with Crippen molar-refractivity contribution in [1.29, 1.82) is 0 Å². The number of nitrogens with zero attached hydrogens (tertiary/aromatic N) is 1. The molecule has 0 bridgehead atoms. The Bertz CT molecular complexity index is 593. The Morgan fingerprint density at radius 2 is 2.00 bits per heavy atom. The summed E-state index contributed by atoms with van der Waals surface area (Å²) in [5.41, 5.74) is 4.22. The number of likely N-dealkylation sites (N-methyl/N-ethyl adjacent to an activating group) is 1. The normalized spacial score (nSPS) is 17.0. The van der Waals surface area contributed by atoms with Crippen molar-refractivity contribution in [2.24, 2.45) is 0 Å². The molecule has 0 radical (unpaired) electrons. The highest BCUT2D eigenvalue weighted by atomic mass is 32.2. The van der Waals surface area contributed by atoms with Crippen LogP contribution < -0.4 is 4.90 Å². The molecule has 0 aromatic heterocycles. The van der Waals surface area contributed by atoms with Gasteiger partial charge in [0.1, 0.15) is 0 Å². The summed E-state index contributed by atoms with van der Waals surface area (Å²) >= 11 is 2.00. The summed E-state index contributed by atoms with van der Waals surface area (Å²) in [4.78, 5) is 3.97. The van der Waals surface area contributed by atoms with Crippen molar-refractivity contribution in [3.63, 3.8) is 0 Å². The van der Waals surface area contributed by atoms with Crippen LogP contribution in [0.5, 0.6) is 0 Å². The zero-order valence-corrected chi connectivity index (χ0v) is 13.0. The van der Waals surface area contributed by atoms with Gasteiger partial charge in [-0.1, -0.05) is 30.3 Å². The lowest BCUT2D eigenvalue weighted by molar-refractivity contribution is 0.711. The number of benzene rings is 2. The number of rotatable bonds is 4. The number of aryl methyl sites for hydroxylation is 1. The van der Waals surface area contributed by atoms with Gasteiger partial charge < -0.3 is 4.90 Å². The third-order valence-corrected chi connectivity index (χ3v) is 5.24. The quantitative estimate of drug-likeness (QED) is 0.799. The molecule has 2 aromatic rings. The fourth-order valence-corrected chi connectivity index (χ4v) is 4.13. The number of hydrogen-bond donors (Lipinski definition) is 0. The van der Waals surface area contributed by atoms with Gasteiger partial charge in [0.05, 0.1) is 0 Å². The van der Waals surface area contributed by atoms with Crippen LogP contribution in [0.3, 0.4) is 0 Å². The van der Waals surface area contributed by atoms with E-state index < -0.39 is 0 Å². The van der Waals surface area contributed by atoms with Gasteiger partial charge in [0.15, 0.2) is 0 Å². The Balaban J connectivity index is 1.80. The van der Waals surface area contributed by atoms with Crippen LogP contribution in [-0.4, -0.2) is 18.8 Å². The highest BCUT2D eigenvalue weighted by molar-refractivity contribution is 7.99. The van der Waals surface area contributed by atoms with Gasteiger partial charge in [0.25, 0.3) is 0 Å². The van der Waals surface area contributed by atoms with E-state index in [0.717, 1.165) is 13.1 Å². The van der Waals surface area contributed by atoms with Gasteiger partial charge in [0, 0.05) is 35.3 Å². The average molecular weight is 283 g/mol. The van der Waals surface area contributed by atoms with Crippen LogP contribution in [0.15, 0.2) is 53.4 Å². The largest absolute Gasteiger partial charge is 0.371 e. The second kappa shape index (κ2) is 5.92. The van der Waals surface area contributed by atoms with E-state index in [2.05, 4.69) is 67.3 Å². The molecule has 3 rings (SSSR count). The molecule has 104 valence electrons. The van der Waals surface area contributed by atoms with Crippen molar-refractivity contribution in [3.05, 3.63) is 59.7 Å². The molecule has 20 heavy (non-hydrogen) atoms. The molecule has 2 heteroatoms. The van der Waals surface area contributed by atoms with E-state index in [-0.39, 0.29) is 0 Å². The van der Waals surface area contributed by atoms with Gasteiger partial charge in [-0.05, 0) is 43.2 Å². The summed E-state index contributed by atoms with van der Waals surface area (Å²) in [7, 11) is 0. The second-order valence-electron chi connectivity index (χ2n) is 5.42. The molecule has 0 amide bonds. The lowest BCUT2D eigenvalue weighted by atomic mass is 10.0. The first-order chi connectivity index (χ1) is 9.78. The fourth-order valence-electron chi connectivity index (χ4n) is 2.89. The van der Waals surface area contributed by atoms with Gasteiger partial charge in [-0.15, -0.1) is 11.8 Å². The third kappa shape index (κ3) is 2.71. The van der Waals surface area contributed by atoms with Crippen LogP contribution in [0.4, 0.5) is 5.69 Å². The summed E-state index contributed by atoms with van der Waals surface area (Å²) in [5, 5.41) is 0. The first-order valence-corrected chi connectivity index (χ1v) is 8.30. The smallest absolute Gasteiger partial charge is 0.0368 e. The van der Waals surface area contributed by atoms with Crippen LogP contribution in [0, 0.1) is 6.92 Å². The Morgan fingerprint density at radius 3 is 2.80 bits per heavy atom. The first-order valence-electron chi connectivity index (χ1n) is 7.31. The van der Waals surface area contributed by atoms with Crippen LogP contribution in [0.25, 0.3) is 0 Å². The molecule has 1 aliphatic heterocycles. The summed E-state index contributed by atoms with van der Waals surface area (Å²) in [6.45, 7) is 6.59. The van der Waals surface area contributed by atoms with Crippen molar-refractivity contribution in [2.75, 3.05) is 23.7 Å². The highest BCUT2D eigenvalue weighted by Gasteiger charge is 2.24. The predicted molar refractivity (Wildman–Crippen MR) is 89.0 cm³/mol. The van der Waals surface area contributed by atoms with E-state index in [0.29, 0.717) is 5.92 Å². The molecule has 2 aromatic carbocycles. The molecular weight excluding hydrogens is 262 g/mol. The number of anilines is 1. The molecule has 1 unspecified atom stereocenters. The minimum Gasteiger partial charge on any atom is -0.371 e. The highest BCUT2D eigenvalue weighted by Crippen LogP contribution is 2.40. The zero-order valence-electron chi connectivity index (χ0n) is 12.2. The van der Waals surface area contributed by atoms with Crippen LogP contribution in [0.1, 0.15) is 24.0 Å². The molecule has 0 saturated heterocycles. The van der Waals surface area contributed by atoms with E-state index in [1.54, 1.807) is 0 Å². The molecule has 0 fully saturated rings. The molecule has 0 spiro atoms. The number of fused-ring (bicyclic) bond motifs is 1. The molecule has 0 N–H and O–H groups in total. The predicted octanol–water partition coefficient (Wildman–Crippen LogP) is 4.71. The van der Waals surface area contributed by atoms with Crippen molar-refractivity contribution in [1.82, 2.24) is 0 Å². The zero-order chi connectivity index (χ0) is 13.9. The first kappa shape index (κ1) is 13.6. The maximum absolute atomic E-state index is 2.50. The topological polar surface area (TPSA) is 3.24 Å². The maximum Gasteiger partial charge on any atom is 0.0368 e. The van der Waals surface area contributed by atoms with E-state index >= 15 is 0 Å². The Hall–Kier alpha value is -1.41. The molecule has 1 heterocycles. The van der Waals surface area contributed by atoms with Gasteiger partial charge >= 0.3 is 0 Å². The molecular formula is C18H21NS.